The quantitative estimate of drug-likeness (QED) is 0.819. The van der Waals surface area contributed by atoms with Crippen LogP contribution in [0.25, 0.3) is 0 Å². The van der Waals surface area contributed by atoms with Crippen LogP contribution in [0, 0.1) is 0 Å². The second kappa shape index (κ2) is 6.24. The monoisotopic (exact) mass is 248 g/mol. The maximum Gasteiger partial charge on any atom is 0.0368 e. The van der Waals surface area contributed by atoms with Crippen molar-refractivity contribution in [3.8, 4) is 0 Å². The van der Waals surface area contributed by atoms with E-state index in [4.69, 9.17) is 0 Å². The zero-order chi connectivity index (χ0) is 13.8. The van der Waals surface area contributed by atoms with Crippen molar-refractivity contribution >= 4 is 5.69 Å². The summed E-state index contributed by atoms with van der Waals surface area (Å²) < 4.78 is 0. The van der Waals surface area contributed by atoms with E-state index in [2.05, 4.69) is 69.2 Å². The second-order valence-electron chi connectivity index (χ2n) is 5.57. The first-order valence-corrected chi connectivity index (χ1v) is 6.97. The van der Waals surface area contributed by atoms with Gasteiger partial charge in [-0.3, -0.25) is 0 Å². The molecule has 0 heterocycles. The number of nitrogens with zero attached hydrogens (tertiary/aromatic N) is 1. The molecule has 1 atom stereocenters. The summed E-state index contributed by atoms with van der Waals surface area (Å²) in [6.45, 7) is 9.01. The third-order valence-electron chi connectivity index (χ3n) is 4.21. The first-order valence-electron chi connectivity index (χ1n) is 6.97. The van der Waals surface area contributed by atoms with Crippen molar-refractivity contribution < 1.29 is 0 Å². The fourth-order valence-electron chi connectivity index (χ4n) is 2.12. The van der Waals surface area contributed by atoms with Crippen LogP contribution in [0.5, 0.6) is 0 Å². The maximum absolute atomic E-state index is 3.34. The number of anilines is 1. The zero-order valence-corrected chi connectivity index (χ0v) is 12.7. The Morgan fingerprint density at radius 1 is 1.17 bits per heavy atom. The minimum atomic E-state index is 0.203. The molecule has 0 saturated heterocycles. The van der Waals surface area contributed by atoms with Crippen LogP contribution in [0.15, 0.2) is 24.3 Å². The Morgan fingerprint density at radius 2 is 1.72 bits per heavy atom. The highest BCUT2D eigenvalue weighted by Gasteiger charge is 2.21. The van der Waals surface area contributed by atoms with Gasteiger partial charge in [0.25, 0.3) is 0 Å². The normalized spacial score (nSPS) is 13.4. The second-order valence-corrected chi connectivity index (χ2v) is 5.57. The Balaban J connectivity index is 2.89. The van der Waals surface area contributed by atoms with Crippen molar-refractivity contribution in [3.05, 3.63) is 29.8 Å². The predicted octanol–water partition coefficient (Wildman–Crippen LogP) is 3.98. The van der Waals surface area contributed by atoms with Gasteiger partial charge in [0.1, 0.15) is 0 Å². The molecule has 2 heteroatoms. The summed E-state index contributed by atoms with van der Waals surface area (Å²) in [7, 11) is 4.20. The van der Waals surface area contributed by atoms with Crippen LogP contribution in [0.2, 0.25) is 0 Å². The van der Waals surface area contributed by atoms with Gasteiger partial charge < -0.3 is 10.2 Å². The molecule has 2 nitrogen and oxygen atoms in total. The largest absolute Gasteiger partial charge is 0.369 e. The molecule has 0 saturated carbocycles. The van der Waals surface area contributed by atoms with Crippen LogP contribution >= 0.6 is 0 Å². The van der Waals surface area contributed by atoms with Crippen molar-refractivity contribution in [2.24, 2.45) is 0 Å². The number of hydrogen-bond acceptors (Lipinski definition) is 2. The van der Waals surface area contributed by atoms with E-state index in [1.807, 2.05) is 7.05 Å². The molecule has 0 aliphatic carbocycles. The molecule has 0 bridgehead atoms. The lowest BCUT2D eigenvalue weighted by atomic mass is 9.98. The van der Waals surface area contributed by atoms with E-state index in [-0.39, 0.29) is 5.54 Å². The first-order chi connectivity index (χ1) is 8.46. The topological polar surface area (TPSA) is 15.3 Å². The number of rotatable bonds is 6. The van der Waals surface area contributed by atoms with E-state index in [9.17, 15) is 0 Å². The Hall–Kier alpha value is -1.02. The van der Waals surface area contributed by atoms with Gasteiger partial charge in [0.15, 0.2) is 0 Å². The maximum atomic E-state index is 3.34. The van der Waals surface area contributed by atoms with Gasteiger partial charge in [0.05, 0.1) is 0 Å². The fraction of sp³-hybridized carbons (Fsp3) is 0.625. The van der Waals surface area contributed by atoms with Crippen LogP contribution in [-0.2, 0) is 0 Å². The molecular weight excluding hydrogens is 220 g/mol. The molecule has 1 aromatic carbocycles. The van der Waals surface area contributed by atoms with E-state index in [0.29, 0.717) is 6.04 Å². The Morgan fingerprint density at radius 3 is 2.11 bits per heavy atom. The van der Waals surface area contributed by atoms with Gasteiger partial charge in [-0.1, -0.05) is 26.0 Å². The molecule has 0 fully saturated rings. The van der Waals surface area contributed by atoms with Gasteiger partial charge in [-0.05, 0) is 51.4 Å². The Kier molecular flexibility index (Phi) is 5.21. The predicted molar refractivity (Wildman–Crippen MR) is 81.3 cm³/mol. The first kappa shape index (κ1) is 15.0. The van der Waals surface area contributed by atoms with Crippen LogP contribution < -0.4 is 10.2 Å². The summed E-state index contributed by atoms with van der Waals surface area (Å²) in [6.07, 6.45) is 2.26. The molecule has 1 aromatic rings. The standard InChI is InChI=1S/C16H28N2/c1-7-15(17-5)13-9-11-14(12-10-13)18(6)16(3,4)8-2/h9-12,15,17H,7-8H2,1-6H3. The lowest BCUT2D eigenvalue weighted by Crippen LogP contribution is -2.40. The molecule has 0 radical (unpaired) electrons. The van der Waals surface area contributed by atoms with Crippen molar-refractivity contribution in [1.29, 1.82) is 0 Å². The van der Waals surface area contributed by atoms with E-state index in [0.717, 1.165) is 12.8 Å². The summed E-state index contributed by atoms with van der Waals surface area (Å²) in [5.41, 5.74) is 2.86. The van der Waals surface area contributed by atoms with Crippen molar-refractivity contribution in [2.75, 3.05) is 19.0 Å². The van der Waals surface area contributed by atoms with Gasteiger partial charge >= 0.3 is 0 Å². The van der Waals surface area contributed by atoms with E-state index in [1.54, 1.807) is 0 Å². The highest BCUT2D eigenvalue weighted by Crippen LogP contribution is 2.26. The van der Waals surface area contributed by atoms with Gasteiger partial charge in [-0.15, -0.1) is 0 Å². The lowest BCUT2D eigenvalue weighted by molar-refractivity contribution is 0.470. The molecule has 102 valence electrons. The smallest absolute Gasteiger partial charge is 0.0368 e. The Labute approximate surface area is 112 Å². The molecule has 0 aliphatic heterocycles. The summed E-state index contributed by atoms with van der Waals surface area (Å²) in [5, 5.41) is 3.34. The average molecular weight is 248 g/mol. The van der Waals surface area contributed by atoms with Crippen LogP contribution in [-0.4, -0.2) is 19.6 Å². The van der Waals surface area contributed by atoms with Crippen molar-refractivity contribution in [1.82, 2.24) is 5.32 Å². The molecule has 1 N–H and O–H groups in total. The summed E-state index contributed by atoms with van der Waals surface area (Å²) in [6, 6.07) is 9.40. The molecule has 0 spiro atoms. The van der Waals surface area contributed by atoms with Crippen LogP contribution in [0.3, 0.4) is 0 Å². The number of hydrogen-bond donors (Lipinski definition) is 1. The van der Waals surface area contributed by atoms with E-state index < -0.39 is 0 Å². The highest BCUT2D eigenvalue weighted by atomic mass is 15.2. The van der Waals surface area contributed by atoms with Crippen molar-refractivity contribution in [2.45, 2.75) is 52.1 Å². The third-order valence-corrected chi connectivity index (χ3v) is 4.21. The molecule has 0 aromatic heterocycles. The summed E-state index contributed by atoms with van der Waals surface area (Å²) in [4.78, 5) is 2.36. The minimum absolute atomic E-state index is 0.203. The third kappa shape index (κ3) is 3.26. The van der Waals surface area contributed by atoms with E-state index >= 15 is 0 Å². The SMILES string of the molecule is CCC(NC)c1ccc(N(C)C(C)(C)CC)cc1. The molecule has 0 amide bonds. The summed E-state index contributed by atoms with van der Waals surface area (Å²) in [5.74, 6) is 0. The van der Waals surface area contributed by atoms with E-state index in [1.165, 1.54) is 11.3 Å². The van der Waals surface area contributed by atoms with Gasteiger partial charge in [0.2, 0.25) is 0 Å². The molecule has 0 aliphatic rings. The van der Waals surface area contributed by atoms with Crippen LogP contribution in [0.1, 0.15) is 52.1 Å². The highest BCUT2D eigenvalue weighted by molar-refractivity contribution is 5.49. The molecular formula is C16H28N2. The average Bonchev–Trinajstić information content (AvgIpc) is 2.40. The zero-order valence-electron chi connectivity index (χ0n) is 12.7. The molecule has 1 rings (SSSR count). The summed E-state index contributed by atoms with van der Waals surface area (Å²) >= 11 is 0. The van der Waals surface area contributed by atoms with Crippen molar-refractivity contribution in [3.63, 3.8) is 0 Å². The molecule has 18 heavy (non-hydrogen) atoms. The van der Waals surface area contributed by atoms with Gasteiger partial charge in [-0.2, -0.15) is 0 Å². The Bertz CT molecular complexity index is 350. The minimum Gasteiger partial charge on any atom is -0.369 e. The van der Waals surface area contributed by atoms with Gasteiger partial charge in [-0.25, -0.2) is 0 Å². The number of benzene rings is 1. The fourth-order valence-corrected chi connectivity index (χ4v) is 2.12. The number of nitrogens with one attached hydrogen (secondary N) is 1. The lowest BCUT2D eigenvalue weighted by Gasteiger charge is -2.37. The molecule has 1 unspecified atom stereocenters. The van der Waals surface area contributed by atoms with Gasteiger partial charge in [0, 0.05) is 24.3 Å². The van der Waals surface area contributed by atoms with Crippen LogP contribution in [0.4, 0.5) is 5.69 Å².